The van der Waals surface area contributed by atoms with Crippen LogP contribution < -0.4 is 5.32 Å². The number of anilines is 1. The molecule has 0 atom stereocenters. The molecule has 3 rings (SSSR count). The molecule has 2 heterocycles. The van der Waals surface area contributed by atoms with Gasteiger partial charge < -0.3 is 4.42 Å². The Labute approximate surface area is 175 Å². The molecule has 0 aliphatic heterocycles. The molecule has 2 aromatic heterocycles. The molecule has 0 unspecified atom stereocenters. The fraction of sp³-hybridized carbons (Fsp3) is 0.111. The Kier molecular flexibility index (Phi) is 5.84. The first-order valence-electron chi connectivity index (χ1n) is 8.27. The molecular formula is C18H10F3N5O4S. The average molecular weight is 449 g/mol. The number of carbonyl (C=O) groups excluding carboxylic acids is 1. The highest BCUT2D eigenvalue weighted by atomic mass is 32.1. The number of nitro groups is 1. The third-order valence-electron chi connectivity index (χ3n) is 3.86. The van der Waals surface area contributed by atoms with Crippen LogP contribution in [0.2, 0.25) is 0 Å². The second kappa shape index (κ2) is 8.36. The summed E-state index contributed by atoms with van der Waals surface area (Å²) in [6.07, 6.45) is -3.62. The summed E-state index contributed by atoms with van der Waals surface area (Å²) in [6, 6.07) is 8.79. The molecule has 1 N–H and O–H groups in total. The van der Waals surface area contributed by atoms with Gasteiger partial charge in [0.15, 0.2) is 0 Å². The Morgan fingerprint density at radius 3 is 2.68 bits per heavy atom. The van der Waals surface area contributed by atoms with Gasteiger partial charge in [-0.05, 0) is 24.6 Å². The molecule has 31 heavy (non-hydrogen) atoms. The Morgan fingerprint density at radius 1 is 1.32 bits per heavy atom. The number of halogens is 3. The number of hydrogen-bond donors (Lipinski definition) is 1. The van der Waals surface area contributed by atoms with Crippen LogP contribution in [0.15, 0.2) is 40.3 Å². The van der Waals surface area contributed by atoms with Crippen molar-refractivity contribution in [1.82, 2.24) is 10.2 Å². The van der Waals surface area contributed by atoms with Gasteiger partial charge in [-0.25, -0.2) is 0 Å². The third-order valence-corrected chi connectivity index (χ3v) is 4.75. The normalized spacial score (nSPS) is 11.8. The number of rotatable bonds is 5. The highest BCUT2D eigenvalue weighted by molar-refractivity contribution is 7.15. The number of nitrogens with one attached hydrogen (secondary N) is 1. The number of alkyl halides is 3. The van der Waals surface area contributed by atoms with Gasteiger partial charge in [-0.15, -0.1) is 10.2 Å². The van der Waals surface area contributed by atoms with Gasteiger partial charge in [0, 0.05) is 23.8 Å². The Morgan fingerprint density at radius 2 is 2.06 bits per heavy atom. The Balaban J connectivity index is 1.83. The van der Waals surface area contributed by atoms with Crippen molar-refractivity contribution >= 4 is 34.1 Å². The fourth-order valence-electron chi connectivity index (χ4n) is 2.41. The molecule has 9 nitrogen and oxygen atoms in total. The van der Waals surface area contributed by atoms with Crippen LogP contribution in [0.25, 0.3) is 17.4 Å². The number of amides is 1. The molecule has 1 aromatic carbocycles. The van der Waals surface area contributed by atoms with Gasteiger partial charge in [0.05, 0.1) is 4.92 Å². The molecule has 0 saturated heterocycles. The zero-order valence-electron chi connectivity index (χ0n) is 15.4. The molecule has 0 aliphatic carbocycles. The largest absolute Gasteiger partial charge is 0.457 e. The Bertz CT molecular complexity index is 1240. The third kappa shape index (κ3) is 4.93. The smallest absolute Gasteiger partial charge is 0.445 e. The van der Waals surface area contributed by atoms with Gasteiger partial charge in [-0.2, -0.15) is 18.4 Å². The van der Waals surface area contributed by atoms with Crippen LogP contribution in [0.4, 0.5) is 24.0 Å². The summed E-state index contributed by atoms with van der Waals surface area (Å²) in [5.41, 5.74) is 0.553. The summed E-state index contributed by atoms with van der Waals surface area (Å²) in [5.74, 6) is -0.651. The van der Waals surface area contributed by atoms with E-state index in [2.05, 4.69) is 15.5 Å². The molecule has 0 bridgehead atoms. The lowest BCUT2D eigenvalue weighted by atomic mass is 10.1. The summed E-state index contributed by atoms with van der Waals surface area (Å²) >= 11 is 0.115. The van der Waals surface area contributed by atoms with E-state index in [9.17, 15) is 33.3 Å². The van der Waals surface area contributed by atoms with E-state index in [4.69, 9.17) is 4.42 Å². The van der Waals surface area contributed by atoms with Crippen LogP contribution in [0.1, 0.15) is 16.3 Å². The van der Waals surface area contributed by atoms with Crippen LogP contribution in [-0.4, -0.2) is 21.0 Å². The van der Waals surface area contributed by atoms with Gasteiger partial charge >= 0.3 is 6.18 Å². The number of non-ortho nitro benzene ring substituents is 1. The first-order chi connectivity index (χ1) is 14.6. The maximum Gasteiger partial charge on any atom is 0.445 e. The minimum Gasteiger partial charge on any atom is -0.457 e. The van der Waals surface area contributed by atoms with Crippen LogP contribution >= 0.6 is 11.3 Å². The maximum atomic E-state index is 12.6. The topological polar surface area (TPSA) is 135 Å². The van der Waals surface area contributed by atoms with Crippen molar-refractivity contribution in [3.05, 3.63) is 62.4 Å². The number of hydrogen-bond acceptors (Lipinski definition) is 8. The van der Waals surface area contributed by atoms with Crippen LogP contribution in [0.3, 0.4) is 0 Å². The number of aromatic nitrogens is 2. The highest BCUT2D eigenvalue weighted by Gasteiger charge is 2.35. The fourth-order valence-corrected chi connectivity index (χ4v) is 3.01. The summed E-state index contributed by atoms with van der Waals surface area (Å²) in [4.78, 5) is 22.6. The zero-order valence-corrected chi connectivity index (χ0v) is 16.2. The summed E-state index contributed by atoms with van der Waals surface area (Å²) < 4.78 is 43.3. The standard InChI is InChI=1S/C18H10F3N5O4S/c1-9-2-3-11(26(28)29)7-13(9)14-5-4-12(30-14)6-10(8-22)15(27)23-17-25-24-16(31-17)18(19,20)21/h2-7H,1H3,(H,23,25,27)/b10-6-. The second-order valence-electron chi connectivity index (χ2n) is 5.99. The number of nitrogens with zero attached hydrogens (tertiary/aromatic N) is 4. The van der Waals surface area contributed by atoms with E-state index >= 15 is 0 Å². The zero-order chi connectivity index (χ0) is 22.8. The van der Waals surface area contributed by atoms with Crippen LogP contribution in [0, 0.1) is 28.4 Å². The number of aryl methyl sites for hydroxylation is 1. The number of carbonyl (C=O) groups is 1. The summed E-state index contributed by atoms with van der Waals surface area (Å²) in [7, 11) is 0. The van der Waals surface area contributed by atoms with Gasteiger partial charge in [-0.3, -0.25) is 20.2 Å². The molecule has 0 aliphatic rings. The molecule has 1 amide bonds. The van der Waals surface area contributed by atoms with E-state index in [0.717, 1.165) is 6.08 Å². The van der Waals surface area contributed by atoms with E-state index in [1.165, 1.54) is 24.3 Å². The second-order valence-corrected chi connectivity index (χ2v) is 6.97. The van der Waals surface area contributed by atoms with Crippen molar-refractivity contribution in [2.75, 3.05) is 5.32 Å². The predicted octanol–water partition coefficient (Wildman–Crippen LogP) is 4.58. The molecule has 0 fully saturated rings. The Hall–Kier alpha value is -4.05. The molecular weight excluding hydrogens is 439 g/mol. The number of nitriles is 1. The molecule has 158 valence electrons. The van der Waals surface area contributed by atoms with Gasteiger partial charge in [0.2, 0.25) is 10.1 Å². The molecule has 0 saturated carbocycles. The highest BCUT2D eigenvalue weighted by Crippen LogP contribution is 2.33. The quantitative estimate of drug-likeness (QED) is 0.261. The van der Waals surface area contributed by atoms with Crippen molar-refractivity contribution < 1.29 is 27.3 Å². The first-order valence-corrected chi connectivity index (χ1v) is 9.09. The lowest BCUT2D eigenvalue weighted by Crippen LogP contribution is -2.13. The molecule has 13 heteroatoms. The van der Waals surface area contributed by atoms with Crippen molar-refractivity contribution in [2.45, 2.75) is 13.1 Å². The van der Waals surface area contributed by atoms with Gasteiger partial charge in [-0.1, -0.05) is 17.4 Å². The number of furan rings is 1. The van der Waals surface area contributed by atoms with Crippen molar-refractivity contribution in [1.29, 1.82) is 5.26 Å². The lowest BCUT2D eigenvalue weighted by Gasteiger charge is -2.02. The lowest BCUT2D eigenvalue weighted by molar-refractivity contribution is -0.384. The molecule has 0 radical (unpaired) electrons. The van der Waals surface area contributed by atoms with Gasteiger partial charge in [0.1, 0.15) is 23.2 Å². The van der Waals surface area contributed by atoms with Gasteiger partial charge in [0.25, 0.3) is 11.6 Å². The van der Waals surface area contributed by atoms with E-state index in [-0.39, 0.29) is 28.5 Å². The van der Waals surface area contributed by atoms with Crippen molar-refractivity contribution in [2.24, 2.45) is 0 Å². The van der Waals surface area contributed by atoms with Crippen LogP contribution in [0.5, 0.6) is 0 Å². The number of nitro benzene ring substituents is 1. The average Bonchev–Trinajstić information content (AvgIpc) is 3.35. The minimum atomic E-state index is -4.70. The predicted molar refractivity (Wildman–Crippen MR) is 103 cm³/mol. The van der Waals surface area contributed by atoms with E-state index < -0.39 is 32.7 Å². The SMILES string of the molecule is Cc1ccc([N+](=O)[O-])cc1-c1ccc(/C=C(/C#N)C(=O)Nc2nnc(C(F)(F)F)s2)o1. The summed E-state index contributed by atoms with van der Waals surface area (Å²) in [6.45, 7) is 1.72. The summed E-state index contributed by atoms with van der Waals surface area (Å²) in [5, 5.41) is 26.8. The van der Waals surface area contributed by atoms with Crippen LogP contribution in [-0.2, 0) is 11.0 Å². The monoisotopic (exact) mass is 449 g/mol. The molecule has 0 spiro atoms. The minimum absolute atomic E-state index is 0.0841. The number of benzene rings is 1. The molecule has 3 aromatic rings. The van der Waals surface area contributed by atoms with E-state index in [1.54, 1.807) is 19.1 Å². The van der Waals surface area contributed by atoms with E-state index in [0.29, 0.717) is 11.1 Å². The first kappa shape index (κ1) is 21.7. The van der Waals surface area contributed by atoms with Crippen molar-refractivity contribution in [3.63, 3.8) is 0 Å². The maximum absolute atomic E-state index is 12.6. The van der Waals surface area contributed by atoms with Crippen molar-refractivity contribution in [3.8, 4) is 17.4 Å². The van der Waals surface area contributed by atoms with E-state index in [1.807, 2.05) is 0 Å².